The molecule has 0 radical (unpaired) electrons. The summed E-state index contributed by atoms with van der Waals surface area (Å²) in [4.78, 5) is 0. The number of hydrogen-bond acceptors (Lipinski definition) is 1. The van der Waals surface area contributed by atoms with Crippen molar-refractivity contribution in [1.82, 2.24) is 5.32 Å². The number of benzene rings is 2. The van der Waals surface area contributed by atoms with E-state index in [2.05, 4.69) is 47.8 Å². The van der Waals surface area contributed by atoms with Crippen LogP contribution in [-0.2, 0) is 6.54 Å². The molecule has 0 aromatic heterocycles. The van der Waals surface area contributed by atoms with Crippen molar-refractivity contribution in [1.29, 1.82) is 0 Å². The van der Waals surface area contributed by atoms with Crippen LogP contribution in [0.2, 0.25) is 0 Å². The average Bonchev–Trinajstić information content (AvgIpc) is 2.36. The van der Waals surface area contributed by atoms with Gasteiger partial charge in [0.1, 0.15) is 0 Å². The SMILES string of the molecule is c1ccc2cc(CNCCC3CCC3)ccc2c1. The van der Waals surface area contributed by atoms with Gasteiger partial charge >= 0.3 is 0 Å². The largest absolute Gasteiger partial charge is 0.313 e. The minimum Gasteiger partial charge on any atom is -0.313 e. The van der Waals surface area contributed by atoms with Gasteiger partial charge < -0.3 is 5.32 Å². The van der Waals surface area contributed by atoms with Gasteiger partial charge in [0, 0.05) is 6.54 Å². The Bertz CT molecular complexity index is 514. The van der Waals surface area contributed by atoms with Crippen LogP contribution in [0.25, 0.3) is 10.8 Å². The third kappa shape index (κ3) is 2.73. The van der Waals surface area contributed by atoms with Gasteiger partial charge in [-0.25, -0.2) is 0 Å². The van der Waals surface area contributed by atoms with E-state index in [1.165, 1.54) is 42.0 Å². The van der Waals surface area contributed by atoms with Gasteiger partial charge in [-0.05, 0) is 41.3 Å². The van der Waals surface area contributed by atoms with Crippen molar-refractivity contribution < 1.29 is 0 Å². The molecule has 0 bridgehead atoms. The Morgan fingerprint density at radius 1 is 1.00 bits per heavy atom. The normalized spacial score (nSPS) is 15.8. The molecule has 1 nitrogen and oxygen atoms in total. The van der Waals surface area contributed by atoms with Crippen LogP contribution in [0.15, 0.2) is 42.5 Å². The molecular formula is C17H21N. The van der Waals surface area contributed by atoms with Gasteiger partial charge in [0.05, 0.1) is 0 Å². The summed E-state index contributed by atoms with van der Waals surface area (Å²) in [5.74, 6) is 1.01. The quantitative estimate of drug-likeness (QED) is 0.774. The van der Waals surface area contributed by atoms with E-state index in [0.29, 0.717) is 0 Å². The second kappa shape index (κ2) is 5.53. The van der Waals surface area contributed by atoms with Crippen LogP contribution < -0.4 is 5.32 Å². The molecule has 1 N–H and O–H groups in total. The van der Waals surface area contributed by atoms with Gasteiger partial charge in [-0.3, -0.25) is 0 Å². The fourth-order valence-electron chi connectivity index (χ4n) is 2.67. The maximum atomic E-state index is 3.57. The molecule has 0 heterocycles. The molecule has 0 aliphatic heterocycles. The predicted octanol–water partition coefficient (Wildman–Crippen LogP) is 4.12. The lowest BCUT2D eigenvalue weighted by Gasteiger charge is -2.25. The van der Waals surface area contributed by atoms with Crippen molar-refractivity contribution in [2.75, 3.05) is 6.54 Å². The van der Waals surface area contributed by atoms with E-state index < -0.39 is 0 Å². The molecule has 94 valence electrons. The average molecular weight is 239 g/mol. The number of nitrogens with one attached hydrogen (secondary N) is 1. The molecule has 1 fully saturated rings. The minimum atomic E-state index is 0.998. The molecule has 2 aromatic rings. The smallest absolute Gasteiger partial charge is 0.0205 e. The Labute approximate surface area is 109 Å². The third-order valence-corrected chi connectivity index (χ3v) is 4.10. The summed E-state index contributed by atoms with van der Waals surface area (Å²) in [5, 5.41) is 6.24. The van der Waals surface area contributed by atoms with Gasteiger partial charge in [-0.1, -0.05) is 55.7 Å². The van der Waals surface area contributed by atoms with Crippen LogP contribution in [0, 0.1) is 5.92 Å². The van der Waals surface area contributed by atoms with Crippen molar-refractivity contribution in [3.05, 3.63) is 48.0 Å². The molecule has 0 spiro atoms. The fraction of sp³-hybridized carbons (Fsp3) is 0.412. The van der Waals surface area contributed by atoms with Crippen molar-refractivity contribution in [3.63, 3.8) is 0 Å². The van der Waals surface area contributed by atoms with Crippen LogP contribution in [0.1, 0.15) is 31.2 Å². The van der Waals surface area contributed by atoms with E-state index in [1.54, 1.807) is 0 Å². The van der Waals surface area contributed by atoms with Crippen molar-refractivity contribution in [3.8, 4) is 0 Å². The van der Waals surface area contributed by atoms with Gasteiger partial charge in [-0.2, -0.15) is 0 Å². The van der Waals surface area contributed by atoms with E-state index in [0.717, 1.165) is 19.0 Å². The molecule has 0 unspecified atom stereocenters. The van der Waals surface area contributed by atoms with Crippen LogP contribution in [0.5, 0.6) is 0 Å². The highest BCUT2D eigenvalue weighted by Crippen LogP contribution is 2.28. The van der Waals surface area contributed by atoms with Crippen LogP contribution in [0.3, 0.4) is 0 Å². The van der Waals surface area contributed by atoms with Gasteiger partial charge in [0.2, 0.25) is 0 Å². The molecule has 0 atom stereocenters. The molecule has 2 aromatic carbocycles. The Hall–Kier alpha value is -1.34. The summed E-state index contributed by atoms with van der Waals surface area (Å²) in [6.07, 6.45) is 5.72. The molecule has 1 saturated carbocycles. The summed E-state index contributed by atoms with van der Waals surface area (Å²) in [6.45, 7) is 2.16. The van der Waals surface area contributed by atoms with Crippen LogP contribution >= 0.6 is 0 Å². The van der Waals surface area contributed by atoms with Crippen LogP contribution in [-0.4, -0.2) is 6.54 Å². The Morgan fingerprint density at radius 3 is 2.61 bits per heavy atom. The maximum Gasteiger partial charge on any atom is 0.0205 e. The lowest BCUT2D eigenvalue weighted by atomic mass is 9.83. The van der Waals surface area contributed by atoms with Crippen molar-refractivity contribution >= 4 is 10.8 Å². The standard InChI is InChI=1S/C17H21N/c1-2-7-17-12-15(8-9-16(17)6-1)13-18-11-10-14-4-3-5-14/h1-2,6-9,12,14,18H,3-5,10-11,13H2. The highest BCUT2D eigenvalue weighted by molar-refractivity contribution is 5.82. The second-order valence-electron chi connectivity index (χ2n) is 5.44. The molecular weight excluding hydrogens is 218 g/mol. The molecule has 0 saturated heterocycles. The van der Waals surface area contributed by atoms with E-state index in [4.69, 9.17) is 0 Å². The Morgan fingerprint density at radius 2 is 1.83 bits per heavy atom. The molecule has 1 aliphatic carbocycles. The maximum absolute atomic E-state index is 3.57. The van der Waals surface area contributed by atoms with Crippen molar-refractivity contribution in [2.45, 2.75) is 32.2 Å². The molecule has 0 amide bonds. The first-order valence-electron chi connectivity index (χ1n) is 7.10. The first-order valence-corrected chi connectivity index (χ1v) is 7.10. The summed E-state index contributed by atoms with van der Waals surface area (Å²) in [6, 6.07) is 15.3. The van der Waals surface area contributed by atoms with Crippen LogP contribution in [0.4, 0.5) is 0 Å². The Balaban J connectivity index is 1.53. The summed E-state index contributed by atoms with van der Waals surface area (Å²) >= 11 is 0. The second-order valence-corrected chi connectivity index (χ2v) is 5.44. The lowest BCUT2D eigenvalue weighted by molar-refractivity contribution is 0.292. The van der Waals surface area contributed by atoms with Crippen molar-refractivity contribution in [2.24, 2.45) is 5.92 Å². The first-order chi connectivity index (χ1) is 8.92. The molecule has 1 aliphatic rings. The number of rotatable bonds is 5. The zero-order valence-corrected chi connectivity index (χ0v) is 10.9. The van der Waals surface area contributed by atoms with E-state index >= 15 is 0 Å². The number of hydrogen-bond donors (Lipinski definition) is 1. The molecule has 18 heavy (non-hydrogen) atoms. The Kier molecular flexibility index (Phi) is 3.61. The van der Waals surface area contributed by atoms with Gasteiger partial charge in [0.15, 0.2) is 0 Å². The summed E-state index contributed by atoms with van der Waals surface area (Å²) in [7, 11) is 0. The topological polar surface area (TPSA) is 12.0 Å². The lowest BCUT2D eigenvalue weighted by Crippen LogP contribution is -2.21. The third-order valence-electron chi connectivity index (χ3n) is 4.10. The molecule has 1 heteroatoms. The fourth-order valence-corrected chi connectivity index (χ4v) is 2.67. The zero-order valence-electron chi connectivity index (χ0n) is 10.9. The predicted molar refractivity (Wildman–Crippen MR) is 77.6 cm³/mol. The zero-order chi connectivity index (χ0) is 12.2. The highest BCUT2D eigenvalue weighted by atomic mass is 14.8. The minimum absolute atomic E-state index is 0.998. The van der Waals surface area contributed by atoms with E-state index in [9.17, 15) is 0 Å². The van der Waals surface area contributed by atoms with Gasteiger partial charge in [0.25, 0.3) is 0 Å². The molecule has 3 rings (SSSR count). The number of fused-ring (bicyclic) bond motifs is 1. The van der Waals surface area contributed by atoms with E-state index in [1.807, 2.05) is 0 Å². The monoisotopic (exact) mass is 239 g/mol. The first kappa shape index (κ1) is 11.7. The summed E-state index contributed by atoms with van der Waals surface area (Å²) < 4.78 is 0. The summed E-state index contributed by atoms with van der Waals surface area (Å²) in [5.41, 5.74) is 1.39. The van der Waals surface area contributed by atoms with E-state index in [-0.39, 0.29) is 0 Å². The highest BCUT2D eigenvalue weighted by Gasteiger charge is 2.15. The van der Waals surface area contributed by atoms with Gasteiger partial charge in [-0.15, -0.1) is 0 Å².